The van der Waals surface area contributed by atoms with E-state index in [2.05, 4.69) is 21.8 Å². The maximum atomic E-state index is 12.3. The fourth-order valence-electron chi connectivity index (χ4n) is 2.96. The van der Waals surface area contributed by atoms with Gasteiger partial charge in [0.25, 0.3) is 0 Å². The number of imidazole rings is 1. The molecule has 26 heavy (non-hydrogen) atoms. The van der Waals surface area contributed by atoms with Crippen LogP contribution in [0.2, 0.25) is 0 Å². The summed E-state index contributed by atoms with van der Waals surface area (Å²) >= 11 is 0. The van der Waals surface area contributed by atoms with E-state index in [1.165, 1.54) is 0 Å². The number of amides is 1. The molecule has 2 aromatic rings. The summed E-state index contributed by atoms with van der Waals surface area (Å²) in [6, 6.07) is 9.70. The van der Waals surface area contributed by atoms with Crippen molar-refractivity contribution in [3.8, 4) is 0 Å². The summed E-state index contributed by atoms with van der Waals surface area (Å²) in [7, 11) is 0. The number of benzene rings is 1. The maximum Gasteiger partial charge on any atom is 0.410 e. The number of carbonyl (C=O) groups is 1. The highest BCUT2D eigenvalue weighted by atomic mass is 16.6. The van der Waals surface area contributed by atoms with E-state index in [0.29, 0.717) is 39.4 Å². The highest BCUT2D eigenvalue weighted by molar-refractivity contribution is 5.67. The minimum absolute atomic E-state index is 0.0435. The van der Waals surface area contributed by atoms with Crippen LogP contribution >= 0.6 is 0 Å². The van der Waals surface area contributed by atoms with Crippen LogP contribution in [0.1, 0.15) is 18.3 Å². The Morgan fingerprint density at radius 1 is 1.38 bits per heavy atom. The molecule has 1 saturated heterocycles. The molecule has 1 aliphatic heterocycles. The van der Waals surface area contributed by atoms with Crippen molar-refractivity contribution in [2.24, 2.45) is 0 Å². The number of hydrogen-bond acceptors (Lipinski definition) is 5. The zero-order valence-corrected chi connectivity index (χ0v) is 15.1. The Balaban J connectivity index is 1.41. The first-order chi connectivity index (χ1) is 12.8. The van der Waals surface area contributed by atoms with Crippen LogP contribution in [0.3, 0.4) is 0 Å². The van der Waals surface area contributed by atoms with Crippen LogP contribution < -0.4 is 5.32 Å². The smallest absolute Gasteiger partial charge is 0.410 e. The Labute approximate surface area is 153 Å². The van der Waals surface area contributed by atoms with Crippen LogP contribution in [0, 0.1) is 0 Å². The van der Waals surface area contributed by atoms with Crippen molar-refractivity contribution in [3.05, 3.63) is 54.1 Å². The van der Waals surface area contributed by atoms with Gasteiger partial charge in [-0.05, 0) is 12.5 Å². The maximum absolute atomic E-state index is 12.3. The molecule has 0 spiro atoms. The molecule has 1 aromatic heterocycles. The molecule has 0 bridgehead atoms. The van der Waals surface area contributed by atoms with Crippen LogP contribution in [-0.2, 0) is 29.2 Å². The molecule has 1 amide bonds. The predicted molar refractivity (Wildman–Crippen MR) is 97.5 cm³/mol. The largest absolute Gasteiger partial charge is 0.445 e. The van der Waals surface area contributed by atoms with Gasteiger partial charge in [0.05, 0.1) is 25.8 Å². The molecule has 2 heterocycles. The van der Waals surface area contributed by atoms with E-state index >= 15 is 0 Å². The SMILES string of the molecule is CCn1ccnc1CNCC1CN(C(=O)OCc2ccccc2)CCO1. The lowest BCUT2D eigenvalue weighted by Crippen LogP contribution is -2.49. The van der Waals surface area contributed by atoms with Crippen molar-refractivity contribution < 1.29 is 14.3 Å². The van der Waals surface area contributed by atoms with Gasteiger partial charge in [-0.3, -0.25) is 0 Å². The average molecular weight is 358 g/mol. The van der Waals surface area contributed by atoms with Crippen molar-refractivity contribution in [3.63, 3.8) is 0 Å². The molecule has 1 aliphatic rings. The van der Waals surface area contributed by atoms with Crippen molar-refractivity contribution in [2.45, 2.75) is 32.7 Å². The van der Waals surface area contributed by atoms with E-state index in [0.717, 1.165) is 17.9 Å². The van der Waals surface area contributed by atoms with Crippen LogP contribution in [-0.4, -0.2) is 52.9 Å². The second kappa shape index (κ2) is 9.35. The lowest BCUT2D eigenvalue weighted by Gasteiger charge is -2.32. The Morgan fingerprint density at radius 2 is 2.23 bits per heavy atom. The quantitative estimate of drug-likeness (QED) is 0.820. The summed E-state index contributed by atoms with van der Waals surface area (Å²) in [5.41, 5.74) is 0.985. The monoisotopic (exact) mass is 358 g/mol. The van der Waals surface area contributed by atoms with Gasteiger partial charge < -0.3 is 24.3 Å². The molecular formula is C19H26N4O3. The number of morpholine rings is 1. The van der Waals surface area contributed by atoms with Gasteiger partial charge in [0.2, 0.25) is 0 Å². The van der Waals surface area contributed by atoms with E-state index in [9.17, 15) is 4.79 Å². The first-order valence-electron chi connectivity index (χ1n) is 9.04. The Hall–Kier alpha value is -2.38. The molecule has 0 radical (unpaired) electrons. The van der Waals surface area contributed by atoms with E-state index in [4.69, 9.17) is 9.47 Å². The van der Waals surface area contributed by atoms with Crippen molar-refractivity contribution in [2.75, 3.05) is 26.2 Å². The van der Waals surface area contributed by atoms with Gasteiger partial charge in [-0.2, -0.15) is 0 Å². The molecule has 1 N–H and O–H groups in total. The normalized spacial score (nSPS) is 17.3. The summed E-state index contributed by atoms with van der Waals surface area (Å²) < 4.78 is 13.3. The third-order valence-corrected chi connectivity index (χ3v) is 4.40. The summed E-state index contributed by atoms with van der Waals surface area (Å²) in [6.45, 7) is 6.24. The van der Waals surface area contributed by atoms with Crippen LogP contribution in [0.4, 0.5) is 4.79 Å². The van der Waals surface area contributed by atoms with E-state index in [1.807, 2.05) is 42.7 Å². The summed E-state index contributed by atoms with van der Waals surface area (Å²) in [5.74, 6) is 1.00. The highest BCUT2D eigenvalue weighted by Crippen LogP contribution is 2.09. The van der Waals surface area contributed by atoms with Gasteiger partial charge in [-0.15, -0.1) is 0 Å². The molecule has 7 heteroatoms. The molecule has 0 aliphatic carbocycles. The summed E-state index contributed by atoms with van der Waals surface area (Å²) in [6.07, 6.45) is 3.45. The van der Waals surface area contributed by atoms with Gasteiger partial charge in [-0.1, -0.05) is 30.3 Å². The van der Waals surface area contributed by atoms with Crippen LogP contribution in [0.15, 0.2) is 42.7 Å². The molecule has 3 rings (SSSR count). The molecule has 0 saturated carbocycles. The van der Waals surface area contributed by atoms with Gasteiger partial charge in [0, 0.05) is 32.0 Å². The predicted octanol–water partition coefficient (Wildman–Crippen LogP) is 2.03. The molecule has 7 nitrogen and oxygen atoms in total. The van der Waals surface area contributed by atoms with Gasteiger partial charge >= 0.3 is 6.09 Å². The third kappa shape index (κ3) is 5.06. The molecule has 1 aromatic carbocycles. The van der Waals surface area contributed by atoms with Crippen molar-refractivity contribution >= 4 is 6.09 Å². The number of aromatic nitrogens is 2. The second-order valence-corrected chi connectivity index (χ2v) is 6.24. The van der Waals surface area contributed by atoms with Crippen molar-refractivity contribution in [1.29, 1.82) is 0 Å². The van der Waals surface area contributed by atoms with Gasteiger partial charge in [0.1, 0.15) is 12.4 Å². The minimum Gasteiger partial charge on any atom is -0.445 e. The van der Waals surface area contributed by atoms with E-state index < -0.39 is 0 Å². The fourth-order valence-corrected chi connectivity index (χ4v) is 2.96. The molecule has 140 valence electrons. The zero-order chi connectivity index (χ0) is 18.2. The molecule has 1 unspecified atom stereocenters. The summed E-state index contributed by atoms with van der Waals surface area (Å²) in [5, 5.41) is 3.36. The topological polar surface area (TPSA) is 68.6 Å². The second-order valence-electron chi connectivity index (χ2n) is 6.24. The van der Waals surface area contributed by atoms with E-state index in [1.54, 1.807) is 4.90 Å². The van der Waals surface area contributed by atoms with Gasteiger partial charge in [0.15, 0.2) is 0 Å². The van der Waals surface area contributed by atoms with Crippen LogP contribution in [0.5, 0.6) is 0 Å². The Kier molecular flexibility index (Phi) is 6.62. The average Bonchev–Trinajstić information content (AvgIpc) is 3.15. The third-order valence-electron chi connectivity index (χ3n) is 4.40. The number of carbonyl (C=O) groups excluding carboxylic acids is 1. The summed E-state index contributed by atoms with van der Waals surface area (Å²) in [4.78, 5) is 18.3. The number of rotatable bonds is 7. The molecule has 1 atom stereocenters. The number of nitrogens with zero attached hydrogens (tertiary/aromatic N) is 3. The van der Waals surface area contributed by atoms with E-state index in [-0.39, 0.29) is 12.2 Å². The molecule has 1 fully saturated rings. The van der Waals surface area contributed by atoms with Crippen LogP contribution in [0.25, 0.3) is 0 Å². The Morgan fingerprint density at radius 3 is 3.04 bits per heavy atom. The highest BCUT2D eigenvalue weighted by Gasteiger charge is 2.25. The number of ether oxygens (including phenoxy) is 2. The Bertz CT molecular complexity index is 689. The number of hydrogen-bond donors (Lipinski definition) is 1. The first kappa shape index (κ1) is 18.4. The molecular weight excluding hydrogens is 332 g/mol. The first-order valence-corrected chi connectivity index (χ1v) is 9.04. The number of aryl methyl sites for hydroxylation is 1. The minimum atomic E-state index is -0.288. The lowest BCUT2D eigenvalue weighted by molar-refractivity contribution is -0.0272. The van der Waals surface area contributed by atoms with Crippen molar-refractivity contribution in [1.82, 2.24) is 19.8 Å². The van der Waals surface area contributed by atoms with Gasteiger partial charge in [-0.25, -0.2) is 9.78 Å². The lowest BCUT2D eigenvalue weighted by atomic mass is 10.2. The fraction of sp³-hybridized carbons (Fsp3) is 0.474. The zero-order valence-electron chi connectivity index (χ0n) is 15.1. The standard InChI is InChI=1S/C19H26N4O3/c1-2-22-9-8-21-18(22)13-20-12-17-14-23(10-11-25-17)19(24)26-15-16-6-4-3-5-7-16/h3-9,17,20H,2,10-15H2,1H3. The number of nitrogens with one attached hydrogen (secondary N) is 1.